The van der Waals surface area contributed by atoms with Gasteiger partial charge in [0.2, 0.25) is 5.95 Å². The Bertz CT molecular complexity index is 1090. The van der Waals surface area contributed by atoms with Gasteiger partial charge in [-0.05, 0) is 24.3 Å². The molecule has 0 radical (unpaired) electrons. The zero-order valence-electron chi connectivity index (χ0n) is 15.2. The molecule has 0 bridgehead atoms. The van der Waals surface area contributed by atoms with Crippen LogP contribution < -0.4 is 15.4 Å². The SMILES string of the molecule is COC(=O)Nc1nc2ccccc2n1C(=O)Nc1cccc(OC(F)(F)C(F)F)c1. The van der Waals surface area contributed by atoms with E-state index in [4.69, 9.17) is 0 Å². The number of alkyl halides is 4. The monoisotopic (exact) mass is 426 g/mol. The topological polar surface area (TPSA) is 94.5 Å². The van der Waals surface area contributed by atoms with E-state index >= 15 is 0 Å². The number of rotatable bonds is 5. The van der Waals surface area contributed by atoms with Crippen molar-refractivity contribution >= 4 is 34.8 Å². The van der Waals surface area contributed by atoms with E-state index in [1.165, 1.54) is 12.1 Å². The molecule has 0 atom stereocenters. The van der Waals surface area contributed by atoms with Crippen LogP contribution in [-0.2, 0) is 4.74 Å². The summed E-state index contributed by atoms with van der Waals surface area (Å²) in [6.45, 7) is 0. The third-order valence-electron chi connectivity index (χ3n) is 3.76. The minimum absolute atomic E-state index is 0.0237. The summed E-state index contributed by atoms with van der Waals surface area (Å²) in [5, 5.41) is 4.70. The maximum absolute atomic E-state index is 13.1. The van der Waals surface area contributed by atoms with Crippen LogP contribution in [0, 0.1) is 0 Å². The van der Waals surface area contributed by atoms with Gasteiger partial charge in [0, 0.05) is 11.8 Å². The maximum Gasteiger partial charge on any atom is 0.461 e. The normalized spacial score (nSPS) is 11.4. The molecule has 0 aliphatic rings. The van der Waals surface area contributed by atoms with Crippen LogP contribution in [-0.4, -0.2) is 41.3 Å². The van der Waals surface area contributed by atoms with E-state index in [0.29, 0.717) is 11.0 Å². The Hall–Kier alpha value is -3.83. The highest BCUT2D eigenvalue weighted by molar-refractivity contribution is 6.01. The predicted molar refractivity (Wildman–Crippen MR) is 98.2 cm³/mol. The van der Waals surface area contributed by atoms with E-state index in [2.05, 4.69) is 25.1 Å². The van der Waals surface area contributed by atoms with Gasteiger partial charge in [-0.15, -0.1) is 0 Å². The number of nitrogens with zero attached hydrogens (tertiary/aromatic N) is 2. The number of anilines is 2. The number of hydrogen-bond acceptors (Lipinski definition) is 5. The Balaban J connectivity index is 1.89. The van der Waals surface area contributed by atoms with E-state index in [-0.39, 0.29) is 11.6 Å². The standard InChI is InChI=1S/C18H14F4N4O4/c1-29-17(28)25-15-24-12-7-2-3-8-13(12)26(15)16(27)23-10-5-4-6-11(9-10)30-18(21,22)14(19)20/h2-9,14H,1H3,(H,23,27)(H,24,25,28). The number of benzene rings is 2. The number of amides is 2. The number of ether oxygens (including phenoxy) is 2. The molecule has 0 aliphatic carbocycles. The van der Waals surface area contributed by atoms with Crippen LogP contribution in [0.15, 0.2) is 48.5 Å². The van der Waals surface area contributed by atoms with Gasteiger partial charge in [-0.3, -0.25) is 5.32 Å². The summed E-state index contributed by atoms with van der Waals surface area (Å²) in [4.78, 5) is 28.5. The molecule has 1 aromatic heterocycles. The van der Waals surface area contributed by atoms with Crippen molar-refractivity contribution in [3.05, 3.63) is 48.5 Å². The molecule has 0 saturated carbocycles. The Morgan fingerprint density at radius 2 is 1.83 bits per heavy atom. The molecule has 2 aromatic carbocycles. The van der Waals surface area contributed by atoms with Crippen LogP contribution >= 0.6 is 0 Å². The molecule has 30 heavy (non-hydrogen) atoms. The molecule has 3 rings (SSSR count). The minimum atomic E-state index is -4.69. The molecule has 0 saturated heterocycles. The van der Waals surface area contributed by atoms with Gasteiger partial charge in [-0.25, -0.2) is 19.1 Å². The lowest BCUT2D eigenvalue weighted by molar-refractivity contribution is -0.253. The van der Waals surface area contributed by atoms with Crippen molar-refractivity contribution in [2.24, 2.45) is 0 Å². The van der Waals surface area contributed by atoms with Gasteiger partial charge in [-0.2, -0.15) is 17.6 Å². The first-order valence-electron chi connectivity index (χ1n) is 8.30. The van der Waals surface area contributed by atoms with Crippen molar-refractivity contribution in [3.8, 4) is 5.75 Å². The number of para-hydroxylation sites is 2. The van der Waals surface area contributed by atoms with E-state index in [0.717, 1.165) is 23.8 Å². The molecular weight excluding hydrogens is 412 g/mol. The number of fused-ring (bicyclic) bond motifs is 1. The molecule has 8 nitrogen and oxygen atoms in total. The number of carbonyl (C=O) groups is 2. The number of halogens is 4. The molecular formula is C18H14F4N4O4. The molecule has 0 aliphatic heterocycles. The largest absolute Gasteiger partial charge is 0.461 e. The first-order chi connectivity index (χ1) is 14.2. The molecule has 0 unspecified atom stereocenters. The van der Waals surface area contributed by atoms with Crippen LogP contribution in [0.2, 0.25) is 0 Å². The lowest BCUT2D eigenvalue weighted by atomic mass is 10.3. The Morgan fingerprint density at radius 1 is 1.10 bits per heavy atom. The fraction of sp³-hybridized carbons (Fsp3) is 0.167. The van der Waals surface area contributed by atoms with Gasteiger partial charge in [-0.1, -0.05) is 18.2 Å². The molecule has 2 N–H and O–H groups in total. The van der Waals surface area contributed by atoms with Gasteiger partial charge in [0.05, 0.1) is 18.1 Å². The van der Waals surface area contributed by atoms with Crippen molar-refractivity contribution in [2.75, 3.05) is 17.7 Å². The molecule has 3 aromatic rings. The first-order valence-corrected chi connectivity index (χ1v) is 8.30. The molecule has 1 heterocycles. The summed E-state index contributed by atoms with van der Waals surface area (Å²) in [6, 6.07) is 10.2. The van der Waals surface area contributed by atoms with Gasteiger partial charge < -0.3 is 14.8 Å². The van der Waals surface area contributed by atoms with Gasteiger partial charge >= 0.3 is 24.7 Å². The van der Waals surface area contributed by atoms with E-state index in [1.807, 2.05) is 0 Å². The van der Waals surface area contributed by atoms with Crippen molar-refractivity contribution in [2.45, 2.75) is 12.5 Å². The fourth-order valence-corrected chi connectivity index (χ4v) is 2.48. The molecule has 0 spiro atoms. The smallest absolute Gasteiger partial charge is 0.453 e. The van der Waals surface area contributed by atoms with Crippen molar-refractivity contribution in [1.82, 2.24) is 9.55 Å². The number of imidazole rings is 1. The van der Waals surface area contributed by atoms with E-state index < -0.39 is 30.4 Å². The number of aromatic nitrogens is 2. The van der Waals surface area contributed by atoms with Crippen molar-refractivity contribution in [1.29, 1.82) is 0 Å². The van der Waals surface area contributed by atoms with E-state index in [9.17, 15) is 27.2 Å². The predicted octanol–water partition coefficient (Wildman–Crippen LogP) is 4.53. The summed E-state index contributed by atoms with van der Waals surface area (Å²) in [5.74, 6) is -0.737. The highest BCUT2D eigenvalue weighted by Gasteiger charge is 2.44. The van der Waals surface area contributed by atoms with Crippen molar-refractivity contribution in [3.63, 3.8) is 0 Å². The lowest BCUT2D eigenvalue weighted by Gasteiger charge is -2.17. The number of methoxy groups -OCH3 is 1. The highest BCUT2D eigenvalue weighted by Crippen LogP contribution is 2.29. The van der Waals surface area contributed by atoms with Gasteiger partial charge in [0.1, 0.15) is 5.75 Å². The number of carbonyl (C=O) groups excluding carboxylic acids is 2. The van der Waals surface area contributed by atoms with Crippen LogP contribution in [0.4, 0.5) is 38.8 Å². The van der Waals surface area contributed by atoms with Crippen molar-refractivity contribution < 1.29 is 36.6 Å². The molecule has 2 amide bonds. The second-order valence-corrected chi connectivity index (χ2v) is 5.80. The van der Waals surface area contributed by atoms with Crippen LogP contribution in [0.5, 0.6) is 5.75 Å². The summed E-state index contributed by atoms with van der Waals surface area (Å²) in [6.07, 6.45) is -9.59. The minimum Gasteiger partial charge on any atom is -0.453 e. The Kier molecular flexibility index (Phi) is 5.76. The summed E-state index contributed by atoms with van der Waals surface area (Å²) < 4.78 is 60.4. The maximum atomic E-state index is 13.1. The molecule has 158 valence electrons. The van der Waals surface area contributed by atoms with Gasteiger partial charge in [0.25, 0.3) is 0 Å². The van der Waals surface area contributed by atoms with Gasteiger partial charge in [0.15, 0.2) is 0 Å². The zero-order chi connectivity index (χ0) is 21.9. The fourth-order valence-electron chi connectivity index (χ4n) is 2.48. The van der Waals surface area contributed by atoms with Crippen LogP contribution in [0.1, 0.15) is 0 Å². The zero-order valence-corrected chi connectivity index (χ0v) is 15.2. The Morgan fingerprint density at radius 3 is 2.53 bits per heavy atom. The molecule has 0 fully saturated rings. The summed E-state index contributed by atoms with van der Waals surface area (Å²) >= 11 is 0. The lowest BCUT2D eigenvalue weighted by Crippen LogP contribution is -2.33. The summed E-state index contributed by atoms with van der Waals surface area (Å²) in [5.41, 5.74) is 0.690. The average molecular weight is 426 g/mol. The third-order valence-corrected chi connectivity index (χ3v) is 3.76. The number of hydrogen-bond donors (Lipinski definition) is 2. The van der Waals surface area contributed by atoms with Crippen LogP contribution in [0.25, 0.3) is 11.0 Å². The summed E-state index contributed by atoms with van der Waals surface area (Å²) in [7, 11) is 1.13. The Labute approximate surface area is 166 Å². The molecule has 12 heteroatoms. The second-order valence-electron chi connectivity index (χ2n) is 5.80. The average Bonchev–Trinajstić information content (AvgIpc) is 3.05. The first kappa shape index (κ1) is 20.9. The van der Waals surface area contributed by atoms with E-state index in [1.54, 1.807) is 24.3 Å². The van der Waals surface area contributed by atoms with Crippen LogP contribution in [0.3, 0.4) is 0 Å². The highest BCUT2D eigenvalue weighted by atomic mass is 19.3. The quantitative estimate of drug-likeness (QED) is 0.585. The third kappa shape index (κ3) is 4.42. The number of nitrogens with one attached hydrogen (secondary N) is 2. The second kappa shape index (κ2) is 8.27.